The molecular weight excluding hydrogens is 210 g/mol. The molecule has 0 saturated heterocycles. The molecule has 1 aliphatic carbocycles. The first-order chi connectivity index (χ1) is 8.18. The lowest BCUT2D eigenvalue weighted by molar-refractivity contribution is -0.0705. The Kier molecular flexibility index (Phi) is 7.14. The lowest BCUT2D eigenvalue weighted by atomic mass is 9.84. The van der Waals surface area contributed by atoms with Gasteiger partial charge in [0, 0.05) is 19.2 Å². The summed E-state index contributed by atoms with van der Waals surface area (Å²) in [7, 11) is 0. The number of nitrogens with one attached hydrogen (secondary N) is 1. The Bertz CT molecular complexity index is 185. The Morgan fingerprint density at radius 3 is 2.41 bits per heavy atom. The van der Waals surface area contributed by atoms with Crippen LogP contribution in [0.25, 0.3) is 0 Å². The summed E-state index contributed by atoms with van der Waals surface area (Å²) in [5, 5.41) is 3.57. The third-order valence-electron chi connectivity index (χ3n) is 3.75. The topological polar surface area (TPSA) is 21.3 Å². The lowest BCUT2D eigenvalue weighted by Gasteiger charge is -2.38. The van der Waals surface area contributed by atoms with E-state index in [9.17, 15) is 0 Å². The predicted octanol–water partition coefficient (Wildman–Crippen LogP) is 3.89. The normalized spacial score (nSPS) is 19.8. The molecule has 2 nitrogen and oxygen atoms in total. The summed E-state index contributed by atoms with van der Waals surface area (Å²) >= 11 is 0. The van der Waals surface area contributed by atoms with Crippen molar-refractivity contribution in [1.82, 2.24) is 5.32 Å². The first kappa shape index (κ1) is 15.0. The molecule has 1 rings (SSSR count). The highest BCUT2D eigenvalue weighted by Crippen LogP contribution is 2.31. The van der Waals surface area contributed by atoms with Crippen LogP contribution in [-0.4, -0.2) is 24.8 Å². The Morgan fingerprint density at radius 1 is 1.12 bits per heavy atom. The molecule has 0 radical (unpaired) electrons. The molecule has 0 heterocycles. The molecule has 0 aromatic carbocycles. The zero-order valence-corrected chi connectivity index (χ0v) is 12.1. The SMILES string of the molecule is CCCCCOC1(CNC(C)C)CCCCC1. The van der Waals surface area contributed by atoms with Gasteiger partial charge < -0.3 is 10.1 Å². The number of hydrogen-bond donors (Lipinski definition) is 1. The second kappa shape index (κ2) is 8.10. The molecule has 0 spiro atoms. The Labute approximate surface area is 108 Å². The highest BCUT2D eigenvalue weighted by atomic mass is 16.5. The summed E-state index contributed by atoms with van der Waals surface area (Å²) in [6.07, 6.45) is 10.4. The van der Waals surface area contributed by atoms with Crippen LogP contribution in [0.5, 0.6) is 0 Å². The van der Waals surface area contributed by atoms with Crippen molar-refractivity contribution >= 4 is 0 Å². The molecule has 102 valence electrons. The molecule has 0 bridgehead atoms. The average molecular weight is 241 g/mol. The first-order valence-corrected chi connectivity index (χ1v) is 7.56. The molecule has 1 saturated carbocycles. The standard InChI is InChI=1S/C15H31NO/c1-4-5-9-12-17-15(13-16-14(2)3)10-7-6-8-11-15/h14,16H,4-13H2,1-3H3. The van der Waals surface area contributed by atoms with Crippen LogP contribution in [0.3, 0.4) is 0 Å². The van der Waals surface area contributed by atoms with Gasteiger partial charge in [-0.2, -0.15) is 0 Å². The third-order valence-corrected chi connectivity index (χ3v) is 3.75. The van der Waals surface area contributed by atoms with Crippen LogP contribution in [0, 0.1) is 0 Å². The molecule has 2 heteroatoms. The van der Waals surface area contributed by atoms with Crippen LogP contribution in [-0.2, 0) is 4.74 Å². The van der Waals surface area contributed by atoms with E-state index in [1.54, 1.807) is 0 Å². The molecule has 1 fully saturated rings. The van der Waals surface area contributed by atoms with Gasteiger partial charge in [-0.1, -0.05) is 52.9 Å². The van der Waals surface area contributed by atoms with E-state index in [-0.39, 0.29) is 5.60 Å². The Morgan fingerprint density at radius 2 is 1.82 bits per heavy atom. The molecule has 1 aliphatic rings. The molecule has 17 heavy (non-hydrogen) atoms. The molecule has 0 atom stereocenters. The van der Waals surface area contributed by atoms with Crippen LogP contribution < -0.4 is 5.32 Å². The summed E-state index contributed by atoms with van der Waals surface area (Å²) in [6, 6.07) is 0.563. The largest absolute Gasteiger partial charge is 0.374 e. The molecular formula is C15H31NO. The maximum atomic E-state index is 6.26. The van der Waals surface area contributed by atoms with Crippen molar-refractivity contribution < 1.29 is 4.74 Å². The van der Waals surface area contributed by atoms with Gasteiger partial charge in [-0.05, 0) is 19.3 Å². The molecule has 0 aliphatic heterocycles. The van der Waals surface area contributed by atoms with Gasteiger partial charge in [-0.15, -0.1) is 0 Å². The van der Waals surface area contributed by atoms with E-state index in [0.29, 0.717) is 6.04 Å². The van der Waals surface area contributed by atoms with Gasteiger partial charge >= 0.3 is 0 Å². The first-order valence-electron chi connectivity index (χ1n) is 7.56. The van der Waals surface area contributed by atoms with Gasteiger partial charge in [0.05, 0.1) is 5.60 Å². The monoisotopic (exact) mass is 241 g/mol. The Hall–Kier alpha value is -0.0800. The quantitative estimate of drug-likeness (QED) is 0.651. The molecule has 0 unspecified atom stereocenters. The molecule has 1 N–H and O–H groups in total. The third kappa shape index (κ3) is 5.87. The van der Waals surface area contributed by atoms with E-state index in [1.807, 2.05) is 0 Å². The minimum absolute atomic E-state index is 0.149. The lowest BCUT2D eigenvalue weighted by Crippen LogP contribution is -2.46. The highest BCUT2D eigenvalue weighted by Gasteiger charge is 2.32. The van der Waals surface area contributed by atoms with Crippen molar-refractivity contribution in [3.63, 3.8) is 0 Å². The Balaban J connectivity index is 2.35. The minimum Gasteiger partial charge on any atom is -0.374 e. The van der Waals surface area contributed by atoms with Crippen LogP contribution in [0.15, 0.2) is 0 Å². The second-order valence-corrected chi connectivity index (χ2v) is 5.83. The number of ether oxygens (including phenoxy) is 1. The van der Waals surface area contributed by atoms with Crippen molar-refractivity contribution in [2.45, 2.75) is 83.8 Å². The van der Waals surface area contributed by atoms with E-state index < -0.39 is 0 Å². The van der Waals surface area contributed by atoms with Gasteiger partial charge in [0.25, 0.3) is 0 Å². The van der Waals surface area contributed by atoms with Crippen LogP contribution in [0.4, 0.5) is 0 Å². The van der Waals surface area contributed by atoms with Crippen LogP contribution >= 0.6 is 0 Å². The van der Waals surface area contributed by atoms with E-state index in [4.69, 9.17) is 4.74 Å². The number of rotatable bonds is 8. The number of unbranched alkanes of at least 4 members (excludes halogenated alkanes) is 2. The van der Waals surface area contributed by atoms with Crippen molar-refractivity contribution in [3.05, 3.63) is 0 Å². The summed E-state index contributed by atoms with van der Waals surface area (Å²) in [5.41, 5.74) is 0.149. The van der Waals surface area contributed by atoms with Gasteiger partial charge in [0.15, 0.2) is 0 Å². The van der Waals surface area contributed by atoms with Crippen LogP contribution in [0.2, 0.25) is 0 Å². The summed E-state index contributed by atoms with van der Waals surface area (Å²) in [6.45, 7) is 8.67. The summed E-state index contributed by atoms with van der Waals surface area (Å²) < 4.78 is 6.26. The maximum Gasteiger partial charge on any atom is 0.0806 e. The van der Waals surface area contributed by atoms with Crippen LogP contribution in [0.1, 0.15) is 72.1 Å². The van der Waals surface area contributed by atoms with Crippen molar-refractivity contribution in [1.29, 1.82) is 0 Å². The van der Waals surface area contributed by atoms with E-state index in [1.165, 1.54) is 51.4 Å². The zero-order valence-electron chi connectivity index (χ0n) is 12.1. The fourth-order valence-electron chi connectivity index (χ4n) is 2.60. The van der Waals surface area contributed by atoms with Crippen molar-refractivity contribution in [3.8, 4) is 0 Å². The molecule has 0 amide bonds. The highest BCUT2D eigenvalue weighted by molar-refractivity contribution is 4.87. The van der Waals surface area contributed by atoms with E-state index >= 15 is 0 Å². The summed E-state index contributed by atoms with van der Waals surface area (Å²) in [5.74, 6) is 0. The second-order valence-electron chi connectivity index (χ2n) is 5.83. The van der Waals surface area contributed by atoms with Gasteiger partial charge in [0.2, 0.25) is 0 Å². The molecule has 0 aromatic rings. The van der Waals surface area contributed by atoms with Gasteiger partial charge in [0.1, 0.15) is 0 Å². The summed E-state index contributed by atoms with van der Waals surface area (Å²) in [4.78, 5) is 0. The van der Waals surface area contributed by atoms with Gasteiger partial charge in [-0.3, -0.25) is 0 Å². The fraction of sp³-hybridized carbons (Fsp3) is 1.00. The van der Waals surface area contributed by atoms with E-state index in [2.05, 4.69) is 26.1 Å². The minimum atomic E-state index is 0.149. The average Bonchev–Trinajstić information content (AvgIpc) is 2.34. The van der Waals surface area contributed by atoms with Crippen molar-refractivity contribution in [2.75, 3.05) is 13.2 Å². The maximum absolute atomic E-state index is 6.26. The fourth-order valence-corrected chi connectivity index (χ4v) is 2.60. The smallest absolute Gasteiger partial charge is 0.0806 e. The predicted molar refractivity (Wildman–Crippen MR) is 74.4 cm³/mol. The number of hydrogen-bond acceptors (Lipinski definition) is 2. The van der Waals surface area contributed by atoms with Crippen molar-refractivity contribution in [2.24, 2.45) is 0 Å². The molecule has 0 aromatic heterocycles. The zero-order chi connectivity index (χ0) is 12.6. The van der Waals surface area contributed by atoms with Gasteiger partial charge in [-0.25, -0.2) is 0 Å². The van der Waals surface area contributed by atoms with E-state index in [0.717, 1.165) is 13.2 Å².